The van der Waals surface area contributed by atoms with E-state index >= 15 is 0 Å². The highest BCUT2D eigenvalue weighted by Gasteiger charge is 2.28. The van der Waals surface area contributed by atoms with Crippen LogP contribution in [0.5, 0.6) is 0 Å². The second kappa shape index (κ2) is 8.06. The molecule has 0 spiro atoms. The van der Waals surface area contributed by atoms with Crippen molar-refractivity contribution in [1.29, 1.82) is 0 Å². The third-order valence-electron chi connectivity index (χ3n) is 4.66. The summed E-state index contributed by atoms with van der Waals surface area (Å²) in [5, 5.41) is 0. The first kappa shape index (κ1) is 17.9. The topological polar surface area (TPSA) is 64.6 Å². The number of carbonyl (C=O) groups excluding carboxylic acids is 2. The van der Waals surface area contributed by atoms with Crippen LogP contribution in [-0.2, 0) is 22.6 Å². The fourth-order valence-corrected chi connectivity index (χ4v) is 3.21. The molecule has 3 aromatic rings. The summed E-state index contributed by atoms with van der Waals surface area (Å²) in [6, 6.07) is 24.1. The molecule has 0 unspecified atom stereocenters. The minimum absolute atomic E-state index is 0.278. The quantitative estimate of drug-likeness (QED) is 0.542. The van der Waals surface area contributed by atoms with Crippen LogP contribution in [-0.4, -0.2) is 11.9 Å². The summed E-state index contributed by atoms with van der Waals surface area (Å²) in [5.41, 5.74) is 6.07. The van der Waals surface area contributed by atoms with E-state index in [1.807, 2.05) is 60.7 Å². The molecule has 1 atom stereocenters. The molecule has 1 amide bonds. The van der Waals surface area contributed by atoms with E-state index in [9.17, 15) is 9.59 Å². The van der Waals surface area contributed by atoms with Crippen LogP contribution in [0, 0.1) is 0 Å². The molecule has 0 saturated carbocycles. The average Bonchev–Trinajstić information content (AvgIpc) is 2.74. The van der Waals surface area contributed by atoms with E-state index in [1.165, 1.54) is 0 Å². The molecule has 0 bridgehead atoms. The predicted octanol–water partition coefficient (Wildman–Crippen LogP) is 4.00. The molecule has 0 aliphatic carbocycles. The molecule has 1 N–H and O–H groups in total. The molecule has 1 aliphatic rings. The Labute approximate surface area is 162 Å². The molecule has 28 heavy (non-hydrogen) atoms. The van der Waals surface area contributed by atoms with Gasteiger partial charge in [0.1, 0.15) is 6.10 Å². The van der Waals surface area contributed by atoms with Crippen molar-refractivity contribution in [3.8, 4) is 0 Å². The van der Waals surface area contributed by atoms with Gasteiger partial charge in [0.05, 0.1) is 12.2 Å². The number of ether oxygens (including phenoxy) is 1. The Hall–Kier alpha value is -3.44. The first-order valence-corrected chi connectivity index (χ1v) is 9.05. The zero-order valence-corrected chi connectivity index (χ0v) is 15.1. The maximum atomic E-state index is 12.4. The molecule has 1 heterocycles. The van der Waals surface area contributed by atoms with E-state index in [1.54, 1.807) is 18.2 Å². The molecular weight excluding hydrogens is 354 g/mol. The van der Waals surface area contributed by atoms with Crippen molar-refractivity contribution in [1.82, 2.24) is 5.48 Å². The van der Waals surface area contributed by atoms with Crippen molar-refractivity contribution < 1.29 is 19.2 Å². The maximum absolute atomic E-state index is 12.4. The Kier molecular flexibility index (Phi) is 5.17. The van der Waals surface area contributed by atoms with Crippen molar-refractivity contribution in [2.75, 3.05) is 0 Å². The first-order chi connectivity index (χ1) is 13.7. The number of fused-ring (bicyclic) bond motifs is 1. The summed E-state index contributed by atoms with van der Waals surface area (Å²) in [4.78, 5) is 30.0. The van der Waals surface area contributed by atoms with Gasteiger partial charge in [0.2, 0.25) is 0 Å². The van der Waals surface area contributed by atoms with Gasteiger partial charge in [0.15, 0.2) is 0 Å². The highest BCUT2D eigenvalue weighted by atomic mass is 16.6. The largest absolute Gasteiger partial charge is 0.454 e. The zero-order chi connectivity index (χ0) is 19.3. The van der Waals surface area contributed by atoms with Crippen LogP contribution in [0.2, 0.25) is 0 Å². The van der Waals surface area contributed by atoms with Gasteiger partial charge >= 0.3 is 5.97 Å². The zero-order valence-electron chi connectivity index (χ0n) is 15.1. The Morgan fingerprint density at radius 3 is 2.46 bits per heavy atom. The highest BCUT2D eigenvalue weighted by molar-refractivity contribution is 5.97. The number of hydroxylamine groups is 1. The van der Waals surface area contributed by atoms with Crippen LogP contribution in [0.15, 0.2) is 78.9 Å². The Balaban J connectivity index is 1.45. The van der Waals surface area contributed by atoms with Gasteiger partial charge in [-0.2, -0.15) is 0 Å². The predicted molar refractivity (Wildman–Crippen MR) is 103 cm³/mol. The maximum Gasteiger partial charge on any atom is 0.339 e. The Bertz CT molecular complexity index is 986. The average molecular weight is 373 g/mol. The summed E-state index contributed by atoms with van der Waals surface area (Å²) < 4.78 is 5.55. The normalized spacial score (nSPS) is 15.4. The highest BCUT2D eigenvalue weighted by Crippen LogP contribution is 2.31. The molecule has 0 saturated heterocycles. The van der Waals surface area contributed by atoms with Crippen LogP contribution in [0.1, 0.15) is 43.5 Å². The number of rotatable bonds is 5. The number of benzene rings is 3. The van der Waals surface area contributed by atoms with Crippen LogP contribution >= 0.6 is 0 Å². The number of hydrogen-bond donors (Lipinski definition) is 1. The summed E-state index contributed by atoms with van der Waals surface area (Å²) in [6.45, 7) is 0.278. The summed E-state index contributed by atoms with van der Waals surface area (Å²) in [5.74, 6) is -0.726. The monoisotopic (exact) mass is 373 g/mol. The molecule has 140 valence electrons. The van der Waals surface area contributed by atoms with Gasteiger partial charge in [-0.25, -0.2) is 10.3 Å². The van der Waals surface area contributed by atoms with Gasteiger partial charge in [-0.15, -0.1) is 0 Å². The van der Waals surface area contributed by atoms with E-state index in [0.717, 1.165) is 16.7 Å². The molecule has 0 radical (unpaired) electrons. The third-order valence-corrected chi connectivity index (χ3v) is 4.66. The lowest BCUT2D eigenvalue weighted by molar-refractivity contribution is 0.0226. The van der Waals surface area contributed by atoms with E-state index in [0.29, 0.717) is 17.5 Å². The van der Waals surface area contributed by atoms with Crippen molar-refractivity contribution in [3.05, 3.63) is 107 Å². The fraction of sp³-hybridized carbons (Fsp3) is 0.130. The number of cyclic esters (lactones) is 1. The van der Waals surface area contributed by atoms with Crippen molar-refractivity contribution >= 4 is 11.9 Å². The van der Waals surface area contributed by atoms with Gasteiger partial charge in [-0.3, -0.25) is 9.63 Å². The van der Waals surface area contributed by atoms with Gasteiger partial charge in [0, 0.05) is 12.0 Å². The minimum atomic E-state index is -0.373. The molecule has 0 aromatic heterocycles. The lowest BCUT2D eigenvalue weighted by Crippen LogP contribution is -2.26. The van der Waals surface area contributed by atoms with Gasteiger partial charge in [0.25, 0.3) is 5.91 Å². The number of esters is 1. The SMILES string of the molecule is O=C(NOCc1ccccc1)c1ccc2c(c1)C[C@@H](c1ccccc1)OC2=O. The molecule has 3 aromatic carbocycles. The second-order valence-corrected chi connectivity index (χ2v) is 6.59. The number of amides is 1. The fourth-order valence-electron chi connectivity index (χ4n) is 3.21. The summed E-state index contributed by atoms with van der Waals surface area (Å²) >= 11 is 0. The molecule has 0 fully saturated rings. The summed E-state index contributed by atoms with van der Waals surface area (Å²) in [6.07, 6.45) is 0.172. The summed E-state index contributed by atoms with van der Waals surface area (Å²) in [7, 11) is 0. The standard InChI is InChI=1S/C23H19NO4/c25-22(24-27-15-16-7-3-1-4-8-16)18-11-12-20-19(13-18)14-21(28-23(20)26)17-9-5-2-6-10-17/h1-13,21H,14-15H2,(H,24,25)/t21-/m0/s1. The van der Waals surface area contributed by atoms with Gasteiger partial charge < -0.3 is 4.74 Å². The minimum Gasteiger partial charge on any atom is -0.454 e. The first-order valence-electron chi connectivity index (χ1n) is 9.05. The number of nitrogens with one attached hydrogen (secondary N) is 1. The third kappa shape index (κ3) is 3.94. The van der Waals surface area contributed by atoms with Gasteiger partial charge in [-0.1, -0.05) is 60.7 Å². The van der Waals surface area contributed by atoms with Crippen LogP contribution in [0.25, 0.3) is 0 Å². The molecular formula is C23H19NO4. The molecule has 5 heteroatoms. The number of hydrogen-bond acceptors (Lipinski definition) is 4. The van der Waals surface area contributed by atoms with Crippen LogP contribution < -0.4 is 5.48 Å². The van der Waals surface area contributed by atoms with Gasteiger partial charge in [-0.05, 0) is 34.9 Å². The van der Waals surface area contributed by atoms with E-state index < -0.39 is 0 Å². The van der Waals surface area contributed by atoms with Crippen molar-refractivity contribution in [2.45, 2.75) is 19.1 Å². The van der Waals surface area contributed by atoms with Crippen molar-refractivity contribution in [3.63, 3.8) is 0 Å². The van der Waals surface area contributed by atoms with E-state index in [2.05, 4.69) is 5.48 Å². The smallest absolute Gasteiger partial charge is 0.339 e. The van der Waals surface area contributed by atoms with E-state index in [-0.39, 0.29) is 24.6 Å². The Morgan fingerprint density at radius 1 is 1.00 bits per heavy atom. The van der Waals surface area contributed by atoms with Crippen LogP contribution in [0.4, 0.5) is 0 Å². The van der Waals surface area contributed by atoms with E-state index in [4.69, 9.17) is 9.57 Å². The van der Waals surface area contributed by atoms with Crippen molar-refractivity contribution in [2.24, 2.45) is 0 Å². The molecule has 1 aliphatic heterocycles. The lowest BCUT2D eigenvalue weighted by atomic mass is 9.93. The molecule has 4 rings (SSSR count). The second-order valence-electron chi connectivity index (χ2n) is 6.59. The lowest BCUT2D eigenvalue weighted by Gasteiger charge is -2.25. The Morgan fingerprint density at radius 2 is 1.71 bits per heavy atom. The van der Waals surface area contributed by atoms with Crippen LogP contribution in [0.3, 0.4) is 0 Å². The number of carbonyl (C=O) groups is 2. The molecule has 5 nitrogen and oxygen atoms in total.